The molecule has 5 rings (SSSR count). The van der Waals surface area contributed by atoms with Gasteiger partial charge in [-0.2, -0.15) is 0 Å². The first-order valence-electron chi connectivity index (χ1n) is 13.2. The molecule has 0 aromatic heterocycles. The van der Waals surface area contributed by atoms with Gasteiger partial charge in [-0.3, -0.25) is 19.7 Å². The molecule has 8 atom stereocenters. The van der Waals surface area contributed by atoms with Gasteiger partial charge < -0.3 is 9.64 Å². The zero-order valence-corrected chi connectivity index (χ0v) is 22.0. The molecule has 1 saturated heterocycles. The molecule has 5 aliphatic rings. The van der Waals surface area contributed by atoms with E-state index >= 15 is 0 Å². The summed E-state index contributed by atoms with van der Waals surface area (Å²) in [5.41, 5.74) is 0.208. The van der Waals surface area contributed by atoms with Gasteiger partial charge in [0.05, 0.1) is 11.7 Å². The number of esters is 1. The fourth-order valence-electron chi connectivity index (χ4n) is 9.80. The molecule has 1 amide bonds. The number of rotatable bonds is 2. The lowest BCUT2D eigenvalue weighted by molar-refractivity contribution is -0.149. The van der Waals surface area contributed by atoms with Crippen molar-refractivity contribution >= 4 is 17.7 Å². The van der Waals surface area contributed by atoms with Gasteiger partial charge in [-0.15, -0.1) is 0 Å². The molecular formula is C28H42N2O4. The number of nitrogens with zero attached hydrogens (tertiary/aromatic N) is 1. The van der Waals surface area contributed by atoms with Crippen molar-refractivity contribution in [3.63, 3.8) is 0 Å². The Morgan fingerprint density at radius 2 is 1.74 bits per heavy atom. The van der Waals surface area contributed by atoms with Crippen molar-refractivity contribution in [1.29, 1.82) is 0 Å². The van der Waals surface area contributed by atoms with Crippen molar-refractivity contribution in [1.82, 2.24) is 10.2 Å². The highest BCUT2D eigenvalue weighted by atomic mass is 16.5. The molecule has 4 unspecified atom stereocenters. The summed E-state index contributed by atoms with van der Waals surface area (Å²) in [5, 5.41) is 3.75. The molecule has 0 aromatic carbocycles. The van der Waals surface area contributed by atoms with E-state index in [1.807, 2.05) is 18.7 Å². The Morgan fingerprint density at radius 1 is 1.03 bits per heavy atom. The smallest absolute Gasteiger partial charge is 0.302 e. The average molecular weight is 471 g/mol. The molecule has 0 spiro atoms. The Balaban J connectivity index is 1.51. The van der Waals surface area contributed by atoms with Crippen LogP contribution in [0.5, 0.6) is 0 Å². The first kappa shape index (κ1) is 24.0. The van der Waals surface area contributed by atoms with E-state index in [4.69, 9.17) is 4.74 Å². The van der Waals surface area contributed by atoms with Crippen molar-refractivity contribution in [3.8, 4) is 0 Å². The zero-order chi connectivity index (χ0) is 24.8. The molecule has 0 aromatic rings. The Labute approximate surface area is 204 Å². The lowest BCUT2D eigenvalue weighted by Gasteiger charge is -2.59. The van der Waals surface area contributed by atoms with E-state index in [2.05, 4.69) is 25.2 Å². The van der Waals surface area contributed by atoms with E-state index in [0.29, 0.717) is 17.8 Å². The van der Waals surface area contributed by atoms with Gasteiger partial charge in [0, 0.05) is 20.3 Å². The van der Waals surface area contributed by atoms with Crippen LogP contribution in [0.1, 0.15) is 93.4 Å². The standard InChI is InChI=1S/C28H42N2O4/c1-16(31)28-24(30(17(2)32)25(4,5)29-28)15-23-21-9-8-19-14-20(34-18(3)33)10-12-26(19,6)22(21)11-13-27(23,28)7/h8,20-24,29H,9-15H2,1-7H3/t20-,21?,22?,23?,24?,26-,27-,28+/m0/s1. The van der Waals surface area contributed by atoms with Crippen LogP contribution in [-0.2, 0) is 19.1 Å². The number of hydrogen-bond acceptors (Lipinski definition) is 5. The minimum absolute atomic E-state index is 0.00427. The number of amides is 1. The van der Waals surface area contributed by atoms with Crippen molar-refractivity contribution in [2.75, 3.05) is 0 Å². The molecular weight excluding hydrogens is 428 g/mol. The third-order valence-corrected chi connectivity index (χ3v) is 11.0. The topological polar surface area (TPSA) is 75.7 Å². The van der Waals surface area contributed by atoms with E-state index < -0.39 is 11.2 Å². The molecule has 0 radical (unpaired) electrons. The molecule has 188 valence electrons. The number of nitrogens with one attached hydrogen (secondary N) is 1. The Bertz CT molecular complexity index is 971. The molecule has 6 heteroatoms. The Kier molecular flexibility index (Phi) is 5.23. The van der Waals surface area contributed by atoms with E-state index in [1.54, 1.807) is 13.8 Å². The Morgan fingerprint density at radius 3 is 2.35 bits per heavy atom. The summed E-state index contributed by atoms with van der Waals surface area (Å²) in [6.07, 6.45) is 9.29. The van der Waals surface area contributed by atoms with Crippen molar-refractivity contribution in [3.05, 3.63) is 11.6 Å². The van der Waals surface area contributed by atoms with Crippen LogP contribution in [0.4, 0.5) is 0 Å². The largest absolute Gasteiger partial charge is 0.462 e. The fourth-order valence-corrected chi connectivity index (χ4v) is 9.80. The number of Topliss-reactive ketones (excluding diaryl/α,β-unsaturated/α-hetero) is 1. The van der Waals surface area contributed by atoms with Gasteiger partial charge in [0.1, 0.15) is 11.6 Å². The summed E-state index contributed by atoms with van der Waals surface area (Å²) in [6, 6.07) is -0.0934. The number of allylic oxidation sites excluding steroid dienone is 1. The highest BCUT2D eigenvalue weighted by molar-refractivity contribution is 5.91. The van der Waals surface area contributed by atoms with Crippen LogP contribution in [-0.4, -0.2) is 45.9 Å². The zero-order valence-electron chi connectivity index (χ0n) is 22.0. The van der Waals surface area contributed by atoms with E-state index in [0.717, 1.165) is 44.9 Å². The maximum absolute atomic E-state index is 13.5. The first-order chi connectivity index (χ1) is 15.8. The number of ether oxygens (including phenoxy) is 1. The van der Waals surface area contributed by atoms with Crippen LogP contribution in [0.3, 0.4) is 0 Å². The van der Waals surface area contributed by atoms with Crippen LogP contribution in [0.15, 0.2) is 11.6 Å². The summed E-state index contributed by atoms with van der Waals surface area (Å²) >= 11 is 0. The summed E-state index contributed by atoms with van der Waals surface area (Å²) < 4.78 is 5.59. The second-order valence-corrected chi connectivity index (χ2v) is 12.9. The number of fused-ring (bicyclic) bond motifs is 7. The van der Waals surface area contributed by atoms with Gasteiger partial charge in [-0.1, -0.05) is 25.5 Å². The van der Waals surface area contributed by atoms with E-state index in [1.165, 1.54) is 12.5 Å². The fraction of sp³-hybridized carbons (Fsp3) is 0.821. The summed E-state index contributed by atoms with van der Waals surface area (Å²) in [6.45, 7) is 13.7. The number of carbonyl (C=O) groups excluding carboxylic acids is 3. The normalized spacial score (nSPS) is 46.5. The molecule has 6 nitrogen and oxygen atoms in total. The summed E-state index contributed by atoms with van der Waals surface area (Å²) in [5.74, 6) is 1.52. The molecule has 4 aliphatic carbocycles. The van der Waals surface area contributed by atoms with Crippen LogP contribution >= 0.6 is 0 Å². The minimum atomic E-state index is -0.685. The summed E-state index contributed by atoms with van der Waals surface area (Å²) in [7, 11) is 0. The molecule has 1 heterocycles. The molecule has 0 bridgehead atoms. The van der Waals surface area contributed by atoms with Gasteiger partial charge in [0.2, 0.25) is 5.91 Å². The lowest BCUT2D eigenvalue weighted by Crippen LogP contribution is -2.66. The van der Waals surface area contributed by atoms with Gasteiger partial charge in [0.25, 0.3) is 0 Å². The van der Waals surface area contributed by atoms with Gasteiger partial charge in [-0.05, 0) is 87.9 Å². The van der Waals surface area contributed by atoms with E-state index in [9.17, 15) is 14.4 Å². The summed E-state index contributed by atoms with van der Waals surface area (Å²) in [4.78, 5) is 39.8. The van der Waals surface area contributed by atoms with Crippen molar-refractivity contribution in [2.45, 2.75) is 117 Å². The number of carbonyl (C=O) groups is 3. The maximum Gasteiger partial charge on any atom is 0.302 e. The molecule has 4 fully saturated rings. The monoisotopic (exact) mass is 470 g/mol. The van der Waals surface area contributed by atoms with Crippen LogP contribution in [0, 0.1) is 28.6 Å². The van der Waals surface area contributed by atoms with Crippen molar-refractivity contribution in [2.24, 2.45) is 28.6 Å². The highest BCUT2D eigenvalue weighted by Gasteiger charge is 2.75. The third kappa shape index (κ3) is 2.93. The predicted molar refractivity (Wildman–Crippen MR) is 130 cm³/mol. The van der Waals surface area contributed by atoms with Gasteiger partial charge in [0.15, 0.2) is 5.78 Å². The van der Waals surface area contributed by atoms with Gasteiger partial charge >= 0.3 is 5.97 Å². The average Bonchev–Trinajstić information content (AvgIpc) is 3.12. The number of ketones is 1. The molecule has 34 heavy (non-hydrogen) atoms. The quantitative estimate of drug-likeness (QED) is 0.479. The lowest BCUT2D eigenvalue weighted by atomic mass is 9.46. The first-order valence-corrected chi connectivity index (χ1v) is 13.2. The second kappa shape index (κ2) is 7.41. The predicted octanol–water partition coefficient (Wildman–Crippen LogP) is 4.38. The maximum atomic E-state index is 13.5. The second-order valence-electron chi connectivity index (χ2n) is 12.9. The van der Waals surface area contributed by atoms with Crippen LogP contribution in [0.25, 0.3) is 0 Å². The Hall–Kier alpha value is -1.69. The minimum Gasteiger partial charge on any atom is -0.462 e. The van der Waals surface area contributed by atoms with Crippen molar-refractivity contribution < 1.29 is 19.1 Å². The molecule has 1 aliphatic heterocycles. The third-order valence-electron chi connectivity index (χ3n) is 11.0. The van der Waals surface area contributed by atoms with Crippen LogP contribution in [0.2, 0.25) is 0 Å². The van der Waals surface area contributed by atoms with Gasteiger partial charge in [-0.25, -0.2) is 0 Å². The van der Waals surface area contributed by atoms with Crippen LogP contribution < -0.4 is 5.32 Å². The highest BCUT2D eigenvalue weighted by Crippen LogP contribution is 2.69. The van der Waals surface area contributed by atoms with E-state index in [-0.39, 0.29) is 40.6 Å². The SMILES string of the molecule is CC(=O)O[C@H]1CC[C@@]2(C)C(=CCC3C2CC[C@@]2(C)C3CC3N(C(C)=O)C(C)(C)N[C@]32C(C)=O)C1. The molecule has 3 saturated carbocycles. The molecule has 1 N–H and O–H groups in total. The number of hydrogen-bond donors (Lipinski definition) is 1.